The van der Waals surface area contributed by atoms with Gasteiger partial charge in [-0.3, -0.25) is 4.79 Å². The molecule has 3 heterocycles. The van der Waals surface area contributed by atoms with Gasteiger partial charge >= 0.3 is 6.03 Å². The summed E-state index contributed by atoms with van der Waals surface area (Å²) >= 11 is 1.63. The summed E-state index contributed by atoms with van der Waals surface area (Å²) in [5, 5.41) is 7.34. The molecule has 1 spiro atoms. The molecule has 0 aliphatic carbocycles. The van der Waals surface area contributed by atoms with Crippen LogP contribution < -0.4 is 5.32 Å². The number of likely N-dealkylation sites (tertiary alicyclic amines) is 2. The normalized spacial score (nSPS) is 17.8. The molecule has 34 heavy (non-hydrogen) atoms. The van der Waals surface area contributed by atoms with Gasteiger partial charge in [-0.15, -0.1) is 0 Å². The van der Waals surface area contributed by atoms with E-state index in [2.05, 4.69) is 44.3 Å². The Balaban J connectivity index is 1.35. The number of aryl methyl sites for hydroxylation is 1. The van der Waals surface area contributed by atoms with Gasteiger partial charge in [0, 0.05) is 37.9 Å². The Bertz CT molecular complexity index is 1020. The van der Waals surface area contributed by atoms with Crippen molar-refractivity contribution in [2.75, 3.05) is 31.5 Å². The lowest BCUT2D eigenvalue weighted by molar-refractivity contribution is -0.128. The first-order valence-electron chi connectivity index (χ1n) is 12.6. The maximum absolute atomic E-state index is 13.3. The topological polar surface area (TPSA) is 52.7 Å². The van der Waals surface area contributed by atoms with Gasteiger partial charge in [0.15, 0.2) is 0 Å². The molecule has 0 unspecified atom stereocenters. The van der Waals surface area contributed by atoms with Crippen LogP contribution in [-0.2, 0) is 11.2 Å². The molecule has 1 aromatic heterocycles. The van der Waals surface area contributed by atoms with Crippen LogP contribution in [0.3, 0.4) is 0 Å². The van der Waals surface area contributed by atoms with Crippen molar-refractivity contribution in [3.8, 4) is 0 Å². The number of urea groups is 1. The lowest BCUT2D eigenvalue weighted by atomic mass is 9.78. The van der Waals surface area contributed by atoms with Crippen molar-refractivity contribution in [2.45, 2.75) is 58.8 Å². The molecule has 2 fully saturated rings. The van der Waals surface area contributed by atoms with E-state index in [1.54, 1.807) is 17.4 Å². The summed E-state index contributed by atoms with van der Waals surface area (Å²) in [6.45, 7) is 9.61. The molecule has 0 atom stereocenters. The Labute approximate surface area is 207 Å². The van der Waals surface area contributed by atoms with Crippen LogP contribution in [0.4, 0.5) is 10.5 Å². The van der Waals surface area contributed by atoms with Crippen molar-refractivity contribution in [1.29, 1.82) is 0 Å². The van der Waals surface area contributed by atoms with Gasteiger partial charge in [-0.2, -0.15) is 11.3 Å². The molecular formula is C28H37N3O2S. The Morgan fingerprint density at radius 2 is 1.85 bits per heavy atom. The monoisotopic (exact) mass is 479 g/mol. The van der Waals surface area contributed by atoms with Crippen LogP contribution in [-0.4, -0.2) is 47.9 Å². The number of hydrogen-bond acceptors (Lipinski definition) is 3. The Morgan fingerprint density at radius 3 is 2.50 bits per heavy atom. The SMILES string of the molecule is CCCc1cccc(C(C)C)c1NC(=O)N1CCC2(CCN(C(=O)/C=C/c3ccsc3)CC2)C1. The number of rotatable bonds is 6. The minimum atomic E-state index is 0.0135. The minimum Gasteiger partial charge on any atom is -0.339 e. The van der Waals surface area contributed by atoms with Gasteiger partial charge in [-0.05, 0) is 76.6 Å². The molecule has 0 radical (unpaired) electrons. The third kappa shape index (κ3) is 5.54. The van der Waals surface area contributed by atoms with Crippen molar-refractivity contribution >= 4 is 35.0 Å². The van der Waals surface area contributed by atoms with E-state index in [-0.39, 0.29) is 17.4 Å². The smallest absolute Gasteiger partial charge is 0.321 e. The van der Waals surface area contributed by atoms with Gasteiger partial charge in [-0.25, -0.2) is 4.79 Å². The van der Waals surface area contributed by atoms with Crippen molar-refractivity contribution < 1.29 is 9.59 Å². The van der Waals surface area contributed by atoms with E-state index in [0.29, 0.717) is 5.92 Å². The molecule has 3 amide bonds. The fourth-order valence-electron chi connectivity index (χ4n) is 5.28. The van der Waals surface area contributed by atoms with Crippen LogP contribution in [0.15, 0.2) is 41.1 Å². The van der Waals surface area contributed by atoms with Crippen LogP contribution in [0.25, 0.3) is 6.08 Å². The Morgan fingerprint density at radius 1 is 1.12 bits per heavy atom. The summed E-state index contributed by atoms with van der Waals surface area (Å²) in [5.74, 6) is 0.440. The zero-order valence-corrected chi connectivity index (χ0v) is 21.5. The molecule has 1 aromatic carbocycles. The summed E-state index contributed by atoms with van der Waals surface area (Å²) in [5.41, 5.74) is 4.64. The number of benzene rings is 1. The maximum atomic E-state index is 13.3. The fraction of sp³-hybridized carbons (Fsp3) is 0.500. The van der Waals surface area contributed by atoms with Crippen molar-refractivity contribution in [3.05, 3.63) is 57.8 Å². The van der Waals surface area contributed by atoms with E-state index in [0.717, 1.165) is 69.5 Å². The first-order valence-corrected chi connectivity index (χ1v) is 13.5. The summed E-state index contributed by atoms with van der Waals surface area (Å²) < 4.78 is 0. The second kappa shape index (κ2) is 10.8. The highest BCUT2D eigenvalue weighted by Gasteiger charge is 2.42. The molecule has 2 aliphatic rings. The zero-order chi connectivity index (χ0) is 24.1. The number of anilines is 1. The number of nitrogens with one attached hydrogen (secondary N) is 1. The lowest BCUT2D eigenvalue weighted by Crippen LogP contribution is -2.44. The highest BCUT2D eigenvalue weighted by Crippen LogP contribution is 2.41. The van der Waals surface area contributed by atoms with Crippen molar-refractivity contribution in [2.24, 2.45) is 5.41 Å². The molecule has 6 heteroatoms. The molecular weight excluding hydrogens is 442 g/mol. The highest BCUT2D eigenvalue weighted by atomic mass is 32.1. The van der Waals surface area contributed by atoms with Crippen LogP contribution in [0.5, 0.6) is 0 Å². The third-order valence-electron chi connectivity index (χ3n) is 7.38. The first kappa shape index (κ1) is 24.5. The Hall–Kier alpha value is -2.60. The first-order chi connectivity index (χ1) is 16.4. The number of piperidine rings is 1. The summed E-state index contributed by atoms with van der Waals surface area (Å²) in [6.07, 6.45) is 8.53. The summed E-state index contributed by atoms with van der Waals surface area (Å²) in [6, 6.07) is 8.40. The average molecular weight is 480 g/mol. The number of carbonyl (C=O) groups is 2. The average Bonchev–Trinajstić information content (AvgIpc) is 3.50. The van der Waals surface area contributed by atoms with Gasteiger partial charge in [0.1, 0.15) is 0 Å². The summed E-state index contributed by atoms with van der Waals surface area (Å²) in [7, 11) is 0. The second-order valence-corrected chi connectivity index (χ2v) is 10.9. The van der Waals surface area contributed by atoms with Gasteiger partial charge in [0.05, 0.1) is 0 Å². The van der Waals surface area contributed by atoms with E-state index >= 15 is 0 Å². The van der Waals surface area contributed by atoms with E-state index in [1.807, 2.05) is 32.7 Å². The Kier molecular flexibility index (Phi) is 7.77. The third-order valence-corrected chi connectivity index (χ3v) is 8.08. The standard InChI is InChI=1S/C28H37N3O2S/c1-4-6-23-7-5-8-24(21(2)3)26(23)29-27(33)31-17-14-28(20-31)12-15-30(16-13-28)25(32)10-9-22-11-18-34-19-22/h5,7-11,18-19,21H,4,6,12-17,20H2,1-3H3,(H,29,33)/b10-9+. The number of thiophene rings is 1. The van der Waals surface area contributed by atoms with E-state index in [1.165, 1.54) is 11.1 Å². The molecule has 5 nitrogen and oxygen atoms in total. The molecule has 182 valence electrons. The van der Waals surface area contributed by atoms with Crippen molar-refractivity contribution in [1.82, 2.24) is 9.80 Å². The molecule has 4 rings (SSSR count). The second-order valence-electron chi connectivity index (χ2n) is 10.1. The number of hydrogen-bond donors (Lipinski definition) is 1. The van der Waals surface area contributed by atoms with Gasteiger partial charge < -0.3 is 15.1 Å². The maximum Gasteiger partial charge on any atom is 0.321 e. The molecule has 0 saturated carbocycles. The largest absolute Gasteiger partial charge is 0.339 e. The van der Waals surface area contributed by atoms with E-state index in [4.69, 9.17) is 0 Å². The zero-order valence-electron chi connectivity index (χ0n) is 20.7. The van der Waals surface area contributed by atoms with Gasteiger partial charge in [-0.1, -0.05) is 45.4 Å². The van der Waals surface area contributed by atoms with Crippen LogP contribution in [0.1, 0.15) is 69.1 Å². The molecule has 1 N–H and O–H groups in total. The number of para-hydroxylation sites is 1. The predicted octanol–water partition coefficient (Wildman–Crippen LogP) is 6.38. The van der Waals surface area contributed by atoms with Crippen LogP contribution in [0, 0.1) is 5.41 Å². The van der Waals surface area contributed by atoms with Crippen LogP contribution in [0.2, 0.25) is 0 Å². The molecule has 2 aliphatic heterocycles. The lowest BCUT2D eigenvalue weighted by Gasteiger charge is -2.39. The quantitative estimate of drug-likeness (QED) is 0.489. The van der Waals surface area contributed by atoms with E-state index in [9.17, 15) is 9.59 Å². The van der Waals surface area contributed by atoms with E-state index < -0.39 is 0 Å². The summed E-state index contributed by atoms with van der Waals surface area (Å²) in [4.78, 5) is 29.8. The molecule has 0 bridgehead atoms. The number of carbonyl (C=O) groups excluding carboxylic acids is 2. The molecule has 2 saturated heterocycles. The van der Waals surface area contributed by atoms with Gasteiger partial charge in [0.25, 0.3) is 0 Å². The number of amides is 3. The molecule has 2 aromatic rings. The minimum absolute atomic E-state index is 0.0135. The van der Waals surface area contributed by atoms with Crippen molar-refractivity contribution in [3.63, 3.8) is 0 Å². The van der Waals surface area contributed by atoms with Crippen LogP contribution >= 0.6 is 11.3 Å². The predicted molar refractivity (Wildman–Crippen MR) is 141 cm³/mol. The number of nitrogens with zero attached hydrogens (tertiary/aromatic N) is 2. The highest BCUT2D eigenvalue weighted by molar-refractivity contribution is 7.08. The fourth-order valence-corrected chi connectivity index (χ4v) is 5.91. The van der Waals surface area contributed by atoms with Gasteiger partial charge in [0.2, 0.25) is 5.91 Å².